The van der Waals surface area contributed by atoms with Gasteiger partial charge in [0.2, 0.25) is 0 Å². The van der Waals surface area contributed by atoms with Crippen molar-refractivity contribution in [3.8, 4) is 11.3 Å². The summed E-state index contributed by atoms with van der Waals surface area (Å²) >= 11 is 13.0. The minimum Gasteiger partial charge on any atom is -0.464 e. The third-order valence-corrected chi connectivity index (χ3v) is 7.33. The minimum absolute atomic E-state index is 0.0132. The highest BCUT2D eigenvalue weighted by Crippen LogP contribution is 2.48. The zero-order chi connectivity index (χ0) is 24.3. The molecule has 5 aromatic rings. The summed E-state index contributed by atoms with van der Waals surface area (Å²) in [4.78, 5) is 15.6. The molecule has 1 aliphatic heterocycles. The number of carbonyl (C=O) groups excluding carboxylic acids is 1. The summed E-state index contributed by atoms with van der Waals surface area (Å²) in [6.45, 7) is 2.27. The van der Waals surface area contributed by atoms with Crippen LogP contribution in [0.2, 0.25) is 10.0 Å². The maximum Gasteiger partial charge on any atom is 0.255 e. The smallest absolute Gasteiger partial charge is 0.255 e. The molecule has 2 aromatic heterocycles. The van der Waals surface area contributed by atoms with E-state index in [1.807, 2.05) is 79.5 Å². The van der Waals surface area contributed by atoms with Gasteiger partial charge in [-0.2, -0.15) is 0 Å². The predicted molar refractivity (Wildman–Crippen MR) is 140 cm³/mol. The number of amides is 1. The summed E-state index contributed by atoms with van der Waals surface area (Å²) < 4.78 is 8.03. The molecular formula is C29H22Cl2N2O2. The molecular weight excluding hydrogens is 479 g/mol. The Morgan fingerprint density at radius 3 is 2.46 bits per heavy atom. The van der Waals surface area contributed by atoms with E-state index in [0.29, 0.717) is 22.2 Å². The summed E-state index contributed by atoms with van der Waals surface area (Å²) in [5.74, 6) is 1.56. The first-order valence-corrected chi connectivity index (χ1v) is 12.2. The number of hydrogen-bond acceptors (Lipinski definition) is 2. The zero-order valence-electron chi connectivity index (χ0n) is 19.3. The number of halogens is 2. The van der Waals surface area contributed by atoms with Gasteiger partial charge < -0.3 is 13.9 Å². The Kier molecular flexibility index (Phi) is 5.24. The fourth-order valence-electron chi connectivity index (χ4n) is 5.29. The van der Waals surface area contributed by atoms with Crippen molar-refractivity contribution in [2.24, 2.45) is 7.05 Å². The molecule has 0 radical (unpaired) electrons. The number of rotatable bonds is 4. The lowest BCUT2D eigenvalue weighted by Crippen LogP contribution is -2.28. The van der Waals surface area contributed by atoms with Crippen LogP contribution in [0.15, 0.2) is 83.3 Å². The molecule has 6 rings (SSSR count). The molecule has 35 heavy (non-hydrogen) atoms. The van der Waals surface area contributed by atoms with Gasteiger partial charge in [-0.3, -0.25) is 4.79 Å². The maximum absolute atomic E-state index is 13.7. The highest BCUT2D eigenvalue weighted by molar-refractivity contribution is 6.36. The van der Waals surface area contributed by atoms with E-state index in [4.69, 9.17) is 27.6 Å². The molecule has 174 valence electrons. The van der Waals surface area contributed by atoms with Crippen molar-refractivity contribution < 1.29 is 9.21 Å². The zero-order valence-corrected chi connectivity index (χ0v) is 20.8. The Morgan fingerprint density at radius 2 is 1.69 bits per heavy atom. The number of carbonyl (C=O) groups is 1. The molecule has 4 nitrogen and oxygen atoms in total. The van der Waals surface area contributed by atoms with Crippen LogP contribution < -0.4 is 0 Å². The largest absolute Gasteiger partial charge is 0.464 e. The van der Waals surface area contributed by atoms with Gasteiger partial charge in [0.25, 0.3) is 5.91 Å². The Morgan fingerprint density at radius 1 is 0.914 bits per heavy atom. The average molecular weight is 501 g/mol. The van der Waals surface area contributed by atoms with Crippen molar-refractivity contribution in [3.05, 3.63) is 117 Å². The van der Waals surface area contributed by atoms with Gasteiger partial charge in [-0.15, -0.1) is 0 Å². The molecule has 1 amide bonds. The highest BCUT2D eigenvalue weighted by Gasteiger charge is 2.41. The molecule has 0 saturated carbocycles. The second-order valence-electron chi connectivity index (χ2n) is 8.90. The minimum atomic E-state index is -0.308. The van der Waals surface area contributed by atoms with Crippen LogP contribution in [-0.4, -0.2) is 15.4 Å². The summed E-state index contributed by atoms with van der Waals surface area (Å²) in [6.07, 6.45) is 0. The Hall–Kier alpha value is -3.47. The van der Waals surface area contributed by atoms with E-state index in [1.54, 1.807) is 6.07 Å². The van der Waals surface area contributed by atoms with Gasteiger partial charge in [-0.25, -0.2) is 0 Å². The predicted octanol–water partition coefficient (Wildman–Crippen LogP) is 7.80. The molecule has 0 saturated heterocycles. The second-order valence-corrected chi connectivity index (χ2v) is 9.74. The summed E-state index contributed by atoms with van der Waals surface area (Å²) in [5.41, 5.74) is 5.62. The van der Waals surface area contributed by atoms with E-state index in [-0.39, 0.29) is 11.9 Å². The number of aryl methyl sites for hydroxylation is 2. The molecule has 1 aliphatic rings. The molecule has 0 fully saturated rings. The van der Waals surface area contributed by atoms with Crippen LogP contribution in [0.25, 0.3) is 22.2 Å². The molecule has 3 heterocycles. The van der Waals surface area contributed by atoms with Crippen LogP contribution in [0.5, 0.6) is 0 Å². The van der Waals surface area contributed by atoms with Crippen molar-refractivity contribution in [3.63, 3.8) is 0 Å². The van der Waals surface area contributed by atoms with E-state index in [1.165, 1.54) is 0 Å². The van der Waals surface area contributed by atoms with Crippen molar-refractivity contribution in [1.82, 2.24) is 9.47 Å². The summed E-state index contributed by atoms with van der Waals surface area (Å²) in [5, 5.41) is 2.22. The number of nitrogens with zero attached hydrogens (tertiary/aromatic N) is 2. The first kappa shape index (κ1) is 22.0. The number of hydrogen-bond donors (Lipinski definition) is 0. The van der Waals surface area contributed by atoms with E-state index in [0.717, 1.165) is 44.8 Å². The van der Waals surface area contributed by atoms with Gasteiger partial charge in [-0.05, 0) is 55.0 Å². The fourth-order valence-corrected chi connectivity index (χ4v) is 5.79. The Labute approximate surface area is 213 Å². The van der Waals surface area contributed by atoms with Crippen LogP contribution in [0, 0.1) is 6.92 Å². The van der Waals surface area contributed by atoms with Crippen LogP contribution in [0.4, 0.5) is 0 Å². The number of furan rings is 1. The van der Waals surface area contributed by atoms with Gasteiger partial charge in [0, 0.05) is 39.7 Å². The first-order valence-electron chi connectivity index (χ1n) is 11.4. The highest BCUT2D eigenvalue weighted by atomic mass is 35.5. The van der Waals surface area contributed by atoms with Crippen molar-refractivity contribution in [2.45, 2.75) is 19.5 Å². The number of fused-ring (bicyclic) bond motifs is 2. The van der Waals surface area contributed by atoms with Gasteiger partial charge in [0.1, 0.15) is 11.5 Å². The molecule has 3 aromatic carbocycles. The van der Waals surface area contributed by atoms with Gasteiger partial charge in [-0.1, -0.05) is 59.6 Å². The quantitative estimate of drug-likeness (QED) is 0.252. The number of benzene rings is 3. The van der Waals surface area contributed by atoms with Crippen molar-refractivity contribution in [1.29, 1.82) is 0 Å². The van der Waals surface area contributed by atoms with Crippen molar-refractivity contribution >= 4 is 40.0 Å². The second kappa shape index (κ2) is 8.33. The molecule has 1 atom stereocenters. The van der Waals surface area contributed by atoms with Gasteiger partial charge in [0.15, 0.2) is 0 Å². The molecule has 6 heteroatoms. The first-order chi connectivity index (χ1) is 16.9. The van der Waals surface area contributed by atoms with E-state index >= 15 is 0 Å². The molecule has 0 spiro atoms. The number of para-hydroxylation sites is 1. The molecule has 0 N–H and O–H groups in total. The van der Waals surface area contributed by atoms with Gasteiger partial charge in [0.05, 0.1) is 23.3 Å². The van der Waals surface area contributed by atoms with Crippen LogP contribution in [-0.2, 0) is 13.6 Å². The van der Waals surface area contributed by atoms with Crippen LogP contribution in [0.3, 0.4) is 0 Å². The van der Waals surface area contributed by atoms with Gasteiger partial charge >= 0.3 is 0 Å². The van der Waals surface area contributed by atoms with Crippen LogP contribution >= 0.6 is 23.2 Å². The van der Waals surface area contributed by atoms with Crippen LogP contribution in [0.1, 0.15) is 39.0 Å². The van der Waals surface area contributed by atoms with E-state index < -0.39 is 0 Å². The lowest BCUT2D eigenvalue weighted by atomic mass is 9.93. The molecule has 0 aliphatic carbocycles. The third-order valence-electron chi connectivity index (χ3n) is 6.79. The average Bonchev–Trinajstić information content (AvgIpc) is 3.48. The maximum atomic E-state index is 13.7. The van der Waals surface area contributed by atoms with Crippen molar-refractivity contribution in [2.75, 3.05) is 0 Å². The fraction of sp³-hybridized carbons (Fsp3) is 0.138. The topological polar surface area (TPSA) is 38.4 Å². The lowest BCUT2D eigenvalue weighted by molar-refractivity contribution is 0.0723. The standard InChI is InChI=1S/C29H22Cl2N2O2/c1-17-11-13-19(35-17)16-33-28(20-7-3-4-8-21(20)29(33)34)26-23-9-5-6-10-25(23)32(2)27(26)22-14-12-18(30)15-24(22)31/h3-15,28H,16H2,1-2H3/t28-/m1/s1. The normalized spacial score (nSPS) is 15.3. The Balaban J connectivity index is 1.65. The monoisotopic (exact) mass is 500 g/mol. The molecule has 0 unspecified atom stereocenters. The molecule has 0 bridgehead atoms. The Bertz CT molecular complexity index is 1610. The SMILES string of the molecule is Cc1ccc(CN2C(=O)c3ccccc3[C@@H]2c2c(-c3ccc(Cl)cc3Cl)n(C)c3ccccc23)o1. The summed E-state index contributed by atoms with van der Waals surface area (Å²) in [7, 11) is 2.04. The summed E-state index contributed by atoms with van der Waals surface area (Å²) in [6, 6.07) is 25.2. The van der Waals surface area contributed by atoms with E-state index in [2.05, 4.69) is 16.7 Å². The lowest BCUT2D eigenvalue weighted by Gasteiger charge is -2.26. The van der Waals surface area contributed by atoms with E-state index in [9.17, 15) is 4.79 Å². The third kappa shape index (κ3) is 3.48. The number of aromatic nitrogens is 1.